The van der Waals surface area contributed by atoms with Gasteiger partial charge in [-0.1, -0.05) is 126 Å². The Balaban J connectivity index is 0.936. The number of ether oxygens (including phenoxy) is 7. The summed E-state index contributed by atoms with van der Waals surface area (Å²) in [5.74, 6) is -8.62. The summed E-state index contributed by atoms with van der Waals surface area (Å²) >= 11 is 0. The molecule has 126 heavy (non-hydrogen) atoms. The van der Waals surface area contributed by atoms with Gasteiger partial charge in [-0.2, -0.15) is 0 Å². The number of benzene rings is 1. The van der Waals surface area contributed by atoms with Crippen molar-refractivity contribution >= 4 is 82.9 Å². The summed E-state index contributed by atoms with van der Waals surface area (Å²) in [6.45, 7) is 26.1. The summed E-state index contributed by atoms with van der Waals surface area (Å²) in [4.78, 5) is 183. The smallest absolute Gasteiger partial charge is 0.308 e. The average Bonchev–Trinajstić information content (AvgIpc) is 1.47. The fourth-order valence-electron chi connectivity index (χ4n) is 18.6. The number of carboxylic acid groups (broad SMARTS) is 2. The van der Waals surface area contributed by atoms with Crippen LogP contribution in [0.15, 0.2) is 30.3 Å². The van der Waals surface area contributed by atoms with Crippen LogP contribution in [0.1, 0.15) is 223 Å². The molecule has 4 aliphatic carbocycles. The maximum absolute atomic E-state index is 14.1. The van der Waals surface area contributed by atoms with E-state index in [-0.39, 0.29) is 109 Å². The van der Waals surface area contributed by atoms with Gasteiger partial charge in [0, 0.05) is 32.2 Å². The van der Waals surface area contributed by atoms with Crippen molar-refractivity contribution in [2.24, 2.45) is 87.2 Å². The number of aliphatic hydroxyl groups is 1. The van der Waals surface area contributed by atoms with Gasteiger partial charge in [-0.05, 0) is 160 Å². The molecule has 18 N–H and O–H groups in total. The van der Waals surface area contributed by atoms with Crippen LogP contribution >= 0.6 is 0 Å². The Kier molecular flexibility index (Phi) is 47.5. The third kappa shape index (κ3) is 37.3. The Labute approximate surface area is 742 Å². The molecule has 0 heterocycles. The molecule has 0 aliphatic heterocycles. The molecule has 714 valence electrons. The molecule has 4 saturated carbocycles. The molecule has 4 aliphatic rings. The largest absolute Gasteiger partial charge is 0.481 e. The van der Waals surface area contributed by atoms with Gasteiger partial charge in [-0.15, -0.1) is 0 Å². The van der Waals surface area contributed by atoms with Crippen molar-refractivity contribution in [3.8, 4) is 0 Å². The number of fused-ring (bicyclic) bond motifs is 5. The molecule has 36 nitrogen and oxygen atoms in total. The molecular weight excluding hydrogens is 1630 g/mol. The van der Waals surface area contributed by atoms with E-state index in [1.165, 1.54) is 58.3 Å². The van der Waals surface area contributed by atoms with Crippen LogP contribution in [0.2, 0.25) is 0 Å². The van der Waals surface area contributed by atoms with E-state index in [2.05, 4.69) is 82.5 Å². The summed E-state index contributed by atoms with van der Waals surface area (Å²) < 4.78 is 39.6. The quantitative estimate of drug-likeness (QED) is 0.0327. The molecular formula is C90H150N12O24. The zero-order valence-electron chi connectivity index (χ0n) is 76.4. The van der Waals surface area contributed by atoms with Crippen LogP contribution in [-0.2, 0) is 107 Å². The SMILES string of the molecule is CC(C)CCC[C@@H](C)[C@H]1CC[C@H]2[C@@H]3CC[C@H]4C[C@@H](OC(=O)C[C@H](NC(=O)CCOCCOCCOCCOCCOCCOCCNC(=O)[C@H](Cc5ccccc5)NC(=O)[C@H](CCC(=O)O)NC(=O)[C@H](C)NC(=O)[C@@H](NC(=O)C[C@H](O)[C@H](CC(C)C)NC(=O)[C@H](CC(N)=O)NC(=O)[C@@H](NC(=O)[C@@H](N)CCC(=O)O)C(C)C)C(C)C)C(N)=O)CC[C@]4(C)[C@H]3CC[C@]12C. The second kappa shape index (κ2) is 55.4. The molecule has 19 atom stereocenters. The molecule has 0 radical (unpaired) electrons. The zero-order valence-corrected chi connectivity index (χ0v) is 76.4. The van der Waals surface area contributed by atoms with Crippen molar-refractivity contribution < 1.29 is 116 Å². The molecule has 0 spiro atoms. The molecule has 1 aromatic carbocycles. The highest BCUT2D eigenvalue weighted by atomic mass is 16.6. The average molecular weight is 1780 g/mol. The van der Waals surface area contributed by atoms with Gasteiger partial charge in [-0.3, -0.25) is 67.1 Å². The molecule has 36 heteroatoms. The van der Waals surface area contributed by atoms with E-state index in [1.54, 1.807) is 71.9 Å². The van der Waals surface area contributed by atoms with Crippen molar-refractivity contribution in [2.45, 2.75) is 291 Å². The van der Waals surface area contributed by atoms with Gasteiger partial charge in [0.2, 0.25) is 65.0 Å². The lowest BCUT2D eigenvalue weighted by Crippen LogP contribution is -2.59. The number of nitrogens with two attached hydrogens (primary N) is 3. The summed E-state index contributed by atoms with van der Waals surface area (Å²) in [7, 11) is 0. The summed E-state index contributed by atoms with van der Waals surface area (Å²) in [6.07, 6.45) is 9.09. The van der Waals surface area contributed by atoms with E-state index in [0.29, 0.717) is 49.2 Å². The number of aliphatic hydroxyl groups excluding tert-OH is 1. The molecule has 0 bridgehead atoms. The molecule has 4 fully saturated rings. The van der Waals surface area contributed by atoms with E-state index in [0.717, 1.165) is 55.3 Å². The van der Waals surface area contributed by atoms with Crippen LogP contribution in [-0.4, -0.2) is 251 Å². The Bertz CT molecular complexity index is 3630. The first-order valence-electron chi connectivity index (χ1n) is 45.5. The summed E-state index contributed by atoms with van der Waals surface area (Å²) in [5.41, 5.74) is 18.3. The first kappa shape index (κ1) is 108. The van der Waals surface area contributed by atoms with Gasteiger partial charge < -0.3 is 114 Å². The normalized spacial score (nSPS) is 22.2. The highest BCUT2D eigenvalue weighted by Gasteiger charge is 2.61. The molecule has 5 rings (SSSR count). The van der Waals surface area contributed by atoms with Gasteiger partial charge in [-0.25, -0.2) is 0 Å². The van der Waals surface area contributed by atoms with Crippen molar-refractivity contribution in [1.82, 2.24) is 47.9 Å². The van der Waals surface area contributed by atoms with Crippen LogP contribution in [0.4, 0.5) is 0 Å². The van der Waals surface area contributed by atoms with E-state index in [4.69, 9.17) is 55.5 Å². The van der Waals surface area contributed by atoms with Crippen LogP contribution in [0, 0.1) is 70.0 Å². The Morgan fingerprint density at radius 3 is 1.59 bits per heavy atom. The first-order valence-corrected chi connectivity index (χ1v) is 45.5. The van der Waals surface area contributed by atoms with E-state index < -0.39 is 187 Å². The number of amides is 11. The Morgan fingerprint density at radius 2 is 1.02 bits per heavy atom. The second-order valence-corrected chi connectivity index (χ2v) is 36.8. The lowest BCUT2D eigenvalue weighted by Gasteiger charge is -2.61. The topological polar surface area (TPSA) is 551 Å². The third-order valence-electron chi connectivity index (χ3n) is 25.5. The number of carbonyl (C=O) groups is 14. The van der Waals surface area contributed by atoms with E-state index >= 15 is 0 Å². The minimum Gasteiger partial charge on any atom is -0.481 e. The number of carbonyl (C=O) groups excluding carboxylic acids is 12. The number of hydrogen-bond acceptors (Lipinski definition) is 23. The van der Waals surface area contributed by atoms with E-state index in [9.17, 15) is 77.3 Å². The lowest BCUT2D eigenvalue weighted by atomic mass is 9.44. The molecule has 0 saturated heterocycles. The molecule has 11 amide bonds. The standard InChI is InChI=1S/C90H150N12O24/c1-53(2)17-16-18-57(9)63-23-24-64-62-22-21-60-49-61(29-32-89(60,11)65(62)30-33-90(63,64)12)126-78(111)51-69(81(93)112)96-74(105)31-35-120-37-39-122-41-43-124-45-46-125-44-42-123-40-38-121-36-34-94-84(115)70(48-59-19-14-13-15-20-59)99-85(116)67(26-28-77(109)110)97-82(113)58(10)95-87(118)79(55(5)6)101-75(106)52-72(103)68(47-54(3)4)98-86(117)71(50-73(92)104)100-88(119)80(56(7)8)102-83(114)66(91)25-27-76(107)108/h13-15,19-20,53-58,60-72,79-80,103H,16-18,21-52,91H2,1-12H3,(H2,92,104)(H2,93,112)(H,94,115)(H,95,118)(H,96,105)(H,97,113)(H,98,117)(H,99,116)(H,100,119)(H,101,106)(H,102,114)(H,107,108)(H,109,110)/t57-,58+,60+,61+,62+,63-,64+,65+,66+,67+,68+,69+,70+,71+,72+,79+,80+,89+,90-/m1/s1. The van der Waals surface area contributed by atoms with E-state index in [1.807, 2.05) is 0 Å². The number of hydrogen-bond donors (Lipinski definition) is 15. The number of carboxylic acids is 2. The van der Waals surface area contributed by atoms with Gasteiger partial charge in [0.1, 0.15) is 48.4 Å². The van der Waals surface area contributed by atoms with Crippen molar-refractivity contribution in [3.05, 3.63) is 35.9 Å². The highest BCUT2D eigenvalue weighted by molar-refractivity contribution is 5.97. The predicted octanol–water partition coefficient (Wildman–Crippen LogP) is 3.68. The maximum Gasteiger partial charge on any atom is 0.308 e. The van der Waals surface area contributed by atoms with Crippen LogP contribution < -0.4 is 65.1 Å². The minimum atomic E-state index is -1.64. The number of rotatable bonds is 62. The van der Waals surface area contributed by atoms with Crippen LogP contribution in [0.25, 0.3) is 0 Å². The number of primary amides is 2. The van der Waals surface area contributed by atoms with Crippen molar-refractivity contribution in [2.75, 3.05) is 85.8 Å². The highest BCUT2D eigenvalue weighted by Crippen LogP contribution is 2.68. The van der Waals surface area contributed by atoms with Gasteiger partial charge in [0.15, 0.2) is 0 Å². The predicted molar refractivity (Wildman–Crippen MR) is 466 cm³/mol. The Morgan fingerprint density at radius 1 is 0.476 bits per heavy atom. The minimum absolute atomic E-state index is 0.0129. The third-order valence-corrected chi connectivity index (χ3v) is 25.5. The maximum atomic E-state index is 14.1. The number of nitrogens with one attached hydrogen (secondary N) is 9. The number of aliphatic carboxylic acids is 2. The summed E-state index contributed by atoms with van der Waals surface area (Å²) in [5, 5.41) is 53.0. The monoisotopic (exact) mass is 1780 g/mol. The van der Waals surface area contributed by atoms with Gasteiger partial charge in [0.05, 0.1) is 117 Å². The molecule has 0 unspecified atom stereocenters. The Hall–Kier alpha value is -8.52. The zero-order chi connectivity index (χ0) is 93.4. The second-order valence-electron chi connectivity index (χ2n) is 36.8. The van der Waals surface area contributed by atoms with Gasteiger partial charge >= 0.3 is 17.9 Å². The fraction of sp³-hybridized carbons (Fsp3) is 0.778. The summed E-state index contributed by atoms with van der Waals surface area (Å²) in [6, 6.07) is -3.46. The fourth-order valence-corrected chi connectivity index (χ4v) is 18.6. The van der Waals surface area contributed by atoms with Gasteiger partial charge in [0.25, 0.3) is 0 Å². The van der Waals surface area contributed by atoms with Crippen molar-refractivity contribution in [3.63, 3.8) is 0 Å². The number of esters is 1. The lowest BCUT2D eigenvalue weighted by molar-refractivity contribution is -0.164. The van der Waals surface area contributed by atoms with Crippen LogP contribution in [0.5, 0.6) is 0 Å². The first-order chi connectivity index (χ1) is 59.6. The van der Waals surface area contributed by atoms with Crippen molar-refractivity contribution in [1.29, 1.82) is 0 Å². The molecule has 0 aromatic heterocycles. The van der Waals surface area contributed by atoms with Crippen LogP contribution in [0.3, 0.4) is 0 Å². The molecule has 1 aromatic rings.